The zero-order valence-corrected chi connectivity index (χ0v) is 17.6. The second-order valence-corrected chi connectivity index (χ2v) is 9.80. The van der Waals surface area contributed by atoms with Gasteiger partial charge >= 0.3 is 0 Å². The van der Waals surface area contributed by atoms with Crippen LogP contribution in [0.15, 0.2) is 53.4 Å². The first kappa shape index (κ1) is 20.3. The molecule has 2 aromatic rings. The average Bonchev–Trinajstić information content (AvgIpc) is 3.32. The van der Waals surface area contributed by atoms with Gasteiger partial charge in [-0.25, -0.2) is 8.42 Å². The number of thiocarbonyl (C=S) groups is 1. The summed E-state index contributed by atoms with van der Waals surface area (Å²) in [6.45, 7) is 4.39. The lowest BCUT2D eigenvalue weighted by molar-refractivity contribution is 0.121. The number of hydrogen-bond donors (Lipinski definition) is 1. The minimum Gasteiger partial charge on any atom is -0.393 e. The van der Waals surface area contributed by atoms with Crippen LogP contribution in [0.4, 0.5) is 0 Å². The van der Waals surface area contributed by atoms with Crippen LogP contribution in [0, 0.1) is 12.3 Å². The highest BCUT2D eigenvalue weighted by atomic mass is 35.5. The number of rotatable bonds is 7. The Bertz CT molecular complexity index is 942. The standard InChI is InChI=1S/C20H22ClNO3S2/c1-3-25-12-20(19(22)26)17(14-6-8-15(21)9-7-14)18(20)27(23,24)16-10-4-13(2)5-11-16/h4-11,17-18H,3,12H2,1-2H3,(H2,22,26). The zero-order valence-electron chi connectivity index (χ0n) is 15.2. The third-order valence-corrected chi connectivity index (χ3v) is 8.10. The quantitative estimate of drug-likeness (QED) is 0.684. The molecule has 3 unspecified atom stereocenters. The average molecular weight is 424 g/mol. The maximum absolute atomic E-state index is 13.4. The van der Waals surface area contributed by atoms with Crippen LogP contribution in [-0.4, -0.2) is 31.9 Å². The fourth-order valence-electron chi connectivity index (χ4n) is 3.69. The number of halogens is 1. The molecule has 7 heteroatoms. The van der Waals surface area contributed by atoms with E-state index in [0.29, 0.717) is 11.6 Å². The van der Waals surface area contributed by atoms with Gasteiger partial charge in [0.2, 0.25) is 0 Å². The molecule has 4 nitrogen and oxygen atoms in total. The minimum absolute atomic E-state index is 0.164. The van der Waals surface area contributed by atoms with Crippen molar-refractivity contribution < 1.29 is 13.2 Å². The van der Waals surface area contributed by atoms with Crippen molar-refractivity contribution in [3.05, 3.63) is 64.7 Å². The van der Waals surface area contributed by atoms with Crippen molar-refractivity contribution in [2.24, 2.45) is 11.1 Å². The van der Waals surface area contributed by atoms with Crippen molar-refractivity contribution in [2.75, 3.05) is 13.2 Å². The van der Waals surface area contributed by atoms with Crippen LogP contribution in [0.5, 0.6) is 0 Å². The molecule has 0 aromatic heterocycles. The number of aryl methyl sites for hydroxylation is 1. The van der Waals surface area contributed by atoms with Crippen LogP contribution in [0.3, 0.4) is 0 Å². The molecule has 1 aliphatic rings. The summed E-state index contributed by atoms with van der Waals surface area (Å²) in [5, 5.41) is -0.180. The molecule has 3 atom stereocenters. The fraction of sp³-hybridized carbons (Fsp3) is 0.350. The van der Waals surface area contributed by atoms with Gasteiger partial charge in [0, 0.05) is 17.5 Å². The number of sulfone groups is 1. The van der Waals surface area contributed by atoms with E-state index >= 15 is 0 Å². The zero-order chi connectivity index (χ0) is 19.8. The first-order valence-corrected chi connectivity index (χ1v) is 11.0. The summed E-state index contributed by atoms with van der Waals surface area (Å²) in [6.07, 6.45) is 0. The molecule has 1 saturated carbocycles. The van der Waals surface area contributed by atoms with Crippen molar-refractivity contribution >= 4 is 38.6 Å². The Kier molecular flexibility index (Phi) is 5.64. The van der Waals surface area contributed by atoms with Crippen LogP contribution >= 0.6 is 23.8 Å². The fourth-order valence-corrected chi connectivity index (χ4v) is 6.58. The van der Waals surface area contributed by atoms with E-state index in [0.717, 1.165) is 11.1 Å². The Hall–Kier alpha value is -1.47. The smallest absolute Gasteiger partial charge is 0.182 e. The summed E-state index contributed by atoms with van der Waals surface area (Å²) >= 11 is 11.3. The SMILES string of the molecule is CCOCC1(C(N)=S)C(c2ccc(Cl)cc2)C1S(=O)(=O)c1ccc(C)cc1. The van der Waals surface area contributed by atoms with Gasteiger partial charge in [-0.05, 0) is 43.7 Å². The van der Waals surface area contributed by atoms with Gasteiger partial charge in [0.15, 0.2) is 9.84 Å². The van der Waals surface area contributed by atoms with Gasteiger partial charge in [0.05, 0.1) is 27.2 Å². The van der Waals surface area contributed by atoms with Gasteiger partial charge in [-0.2, -0.15) is 0 Å². The van der Waals surface area contributed by atoms with Crippen LogP contribution in [-0.2, 0) is 14.6 Å². The topological polar surface area (TPSA) is 69.4 Å². The molecule has 27 heavy (non-hydrogen) atoms. The van der Waals surface area contributed by atoms with Crippen molar-refractivity contribution in [3.63, 3.8) is 0 Å². The van der Waals surface area contributed by atoms with E-state index in [1.54, 1.807) is 36.4 Å². The van der Waals surface area contributed by atoms with E-state index in [1.165, 1.54) is 0 Å². The highest BCUT2D eigenvalue weighted by molar-refractivity contribution is 7.92. The maximum Gasteiger partial charge on any atom is 0.182 e. The molecule has 1 fully saturated rings. The molecule has 144 valence electrons. The van der Waals surface area contributed by atoms with Crippen LogP contribution < -0.4 is 5.73 Å². The molecular weight excluding hydrogens is 402 g/mol. The number of ether oxygens (including phenoxy) is 1. The first-order valence-electron chi connectivity index (χ1n) is 8.69. The number of nitrogens with two attached hydrogens (primary N) is 1. The van der Waals surface area contributed by atoms with E-state index < -0.39 is 20.5 Å². The molecule has 0 heterocycles. The molecular formula is C20H22ClNO3S2. The van der Waals surface area contributed by atoms with E-state index in [1.807, 2.05) is 26.0 Å². The second-order valence-electron chi connectivity index (χ2n) is 6.85. The molecule has 2 aromatic carbocycles. The molecule has 0 spiro atoms. The molecule has 0 bridgehead atoms. The Morgan fingerprint density at radius 2 is 1.78 bits per heavy atom. The highest BCUT2D eigenvalue weighted by Crippen LogP contribution is 2.64. The summed E-state index contributed by atoms with van der Waals surface area (Å²) < 4.78 is 32.5. The van der Waals surface area contributed by atoms with E-state index in [9.17, 15) is 8.42 Å². The lowest BCUT2D eigenvalue weighted by atomic mass is 10.00. The number of benzene rings is 2. The van der Waals surface area contributed by atoms with Gasteiger partial charge in [0.1, 0.15) is 0 Å². The Morgan fingerprint density at radius 3 is 2.30 bits per heavy atom. The minimum atomic E-state index is -3.65. The lowest BCUT2D eigenvalue weighted by Crippen LogP contribution is -2.33. The van der Waals surface area contributed by atoms with Gasteiger partial charge < -0.3 is 10.5 Å². The van der Waals surface area contributed by atoms with Gasteiger partial charge in [0.25, 0.3) is 0 Å². The van der Waals surface area contributed by atoms with E-state index in [4.69, 9.17) is 34.3 Å². The van der Waals surface area contributed by atoms with Crippen molar-refractivity contribution in [3.8, 4) is 0 Å². The molecule has 3 rings (SSSR count). The molecule has 0 radical (unpaired) electrons. The largest absolute Gasteiger partial charge is 0.393 e. The van der Waals surface area contributed by atoms with Crippen molar-refractivity contribution in [2.45, 2.75) is 29.9 Å². The number of hydrogen-bond acceptors (Lipinski definition) is 4. The first-order chi connectivity index (χ1) is 12.7. The summed E-state index contributed by atoms with van der Waals surface area (Å²) in [5.41, 5.74) is 6.99. The Labute approximate surface area is 170 Å². The normalized spacial score (nSPS) is 24.6. The Morgan fingerprint density at radius 1 is 1.19 bits per heavy atom. The molecule has 2 N–H and O–H groups in total. The van der Waals surface area contributed by atoms with Crippen molar-refractivity contribution in [1.29, 1.82) is 0 Å². The summed E-state index contributed by atoms with van der Waals surface area (Å²) in [5.74, 6) is -0.370. The third kappa shape index (κ3) is 3.51. The Balaban J connectivity index is 2.10. The maximum atomic E-state index is 13.4. The lowest BCUT2D eigenvalue weighted by Gasteiger charge is -2.17. The summed E-state index contributed by atoms with van der Waals surface area (Å²) in [6, 6.07) is 14.0. The predicted octanol–water partition coefficient (Wildman–Crippen LogP) is 3.90. The molecule has 0 amide bonds. The van der Waals surface area contributed by atoms with Crippen molar-refractivity contribution in [1.82, 2.24) is 0 Å². The highest BCUT2D eigenvalue weighted by Gasteiger charge is 2.73. The van der Waals surface area contributed by atoms with Gasteiger partial charge in [-0.15, -0.1) is 0 Å². The molecule has 0 saturated heterocycles. The van der Waals surface area contributed by atoms with Gasteiger partial charge in [-0.1, -0.05) is 53.6 Å². The predicted molar refractivity (Wildman–Crippen MR) is 112 cm³/mol. The molecule has 0 aliphatic heterocycles. The second kappa shape index (κ2) is 7.51. The summed E-state index contributed by atoms with van der Waals surface area (Å²) in [7, 11) is -3.65. The van der Waals surface area contributed by atoms with Crippen LogP contribution in [0.2, 0.25) is 5.02 Å². The van der Waals surface area contributed by atoms with Gasteiger partial charge in [-0.3, -0.25) is 0 Å². The van der Waals surface area contributed by atoms with E-state index in [-0.39, 0.29) is 22.4 Å². The third-order valence-electron chi connectivity index (χ3n) is 5.17. The van der Waals surface area contributed by atoms with E-state index in [2.05, 4.69) is 0 Å². The summed E-state index contributed by atoms with van der Waals surface area (Å²) in [4.78, 5) is 0.434. The monoisotopic (exact) mass is 423 g/mol. The molecule has 1 aliphatic carbocycles. The van der Waals surface area contributed by atoms with Crippen LogP contribution in [0.1, 0.15) is 24.0 Å². The van der Waals surface area contributed by atoms with Crippen LogP contribution in [0.25, 0.3) is 0 Å².